The molecule has 2 rings (SSSR count). The second-order valence-electron chi connectivity index (χ2n) is 4.36. The Morgan fingerprint density at radius 2 is 1.94 bits per heavy atom. The molecule has 0 N–H and O–H groups in total. The summed E-state index contributed by atoms with van der Waals surface area (Å²) < 4.78 is 0. The molecule has 1 aliphatic heterocycles. The van der Waals surface area contributed by atoms with E-state index in [1.807, 2.05) is 0 Å². The minimum Gasteiger partial charge on any atom is -0.301 e. The van der Waals surface area contributed by atoms with Crippen LogP contribution in [0.25, 0.3) is 0 Å². The van der Waals surface area contributed by atoms with Crippen LogP contribution in [0.3, 0.4) is 0 Å². The number of nitrogens with zero attached hydrogens (tertiary/aromatic N) is 6. The lowest BCUT2D eigenvalue weighted by atomic mass is 10.4. The van der Waals surface area contributed by atoms with E-state index >= 15 is 0 Å². The highest BCUT2D eigenvalue weighted by Crippen LogP contribution is 2.06. The summed E-state index contributed by atoms with van der Waals surface area (Å²) in [6.45, 7) is 6.48. The lowest BCUT2D eigenvalue weighted by molar-refractivity contribution is 0.254. The Morgan fingerprint density at radius 3 is 2.65 bits per heavy atom. The third kappa shape index (κ3) is 4.01. The molecule has 17 heavy (non-hydrogen) atoms. The summed E-state index contributed by atoms with van der Waals surface area (Å²) in [4.78, 5) is 6.42. The van der Waals surface area contributed by atoms with Crippen LogP contribution in [0.4, 0.5) is 0 Å². The predicted octanol–water partition coefficient (Wildman–Crippen LogP) is 0.113. The Balaban J connectivity index is 1.82. The standard InChI is InChI=1S/C10H19BrN6/c1-15-13-10(12-14-15)9-17-5-2-4-16(6-3-11)7-8-17/h2-9H2,1H3. The van der Waals surface area contributed by atoms with Crippen molar-refractivity contribution in [3.05, 3.63) is 5.82 Å². The maximum absolute atomic E-state index is 4.22. The molecule has 1 aromatic rings. The minimum absolute atomic E-state index is 0.815. The normalized spacial score (nSPS) is 19.4. The average Bonchev–Trinajstić information content (AvgIpc) is 2.58. The number of aryl methyl sites for hydroxylation is 1. The highest BCUT2D eigenvalue weighted by molar-refractivity contribution is 9.09. The van der Waals surface area contributed by atoms with E-state index in [0.717, 1.165) is 43.9 Å². The molecule has 1 aromatic heterocycles. The van der Waals surface area contributed by atoms with Crippen molar-refractivity contribution in [3.8, 4) is 0 Å². The van der Waals surface area contributed by atoms with Crippen molar-refractivity contribution < 1.29 is 0 Å². The Bertz CT molecular complexity index is 341. The van der Waals surface area contributed by atoms with Gasteiger partial charge in [-0.05, 0) is 24.7 Å². The Kier molecular flexibility index (Phi) is 4.87. The maximum atomic E-state index is 4.22. The van der Waals surface area contributed by atoms with Gasteiger partial charge in [-0.1, -0.05) is 15.9 Å². The quantitative estimate of drug-likeness (QED) is 0.739. The summed E-state index contributed by atoms with van der Waals surface area (Å²) in [5, 5.41) is 13.2. The zero-order valence-electron chi connectivity index (χ0n) is 10.2. The van der Waals surface area contributed by atoms with Crippen LogP contribution in [0.5, 0.6) is 0 Å². The first-order valence-corrected chi connectivity index (χ1v) is 7.13. The van der Waals surface area contributed by atoms with Crippen LogP contribution < -0.4 is 0 Å². The molecule has 96 valence electrons. The van der Waals surface area contributed by atoms with E-state index in [2.05, 4.69) is 41.1 Å². The van der Waals surface area contributed by atoms with Gasteiger partial charge < -0.3 is 4.90 Å². The first-order valence-electron chi connectivity index (χ1n) is 6.01. The summed E-state index contributed by atoms with van der Waals surface area (Å²) >= 11 is 3.50. The second kappa shape index (κ2) is 6.42. The SMILES string of the molecule is Cn1nnc(CN2CCCN(CCBr)CC2)n1. The lowest BCUT2D eigenvalue weighted by Gasteiger charge is -2.19. The van der Waals surface area contributed by atoms with Gasteiger partial charge in [0.2, 0.25) is 0 Å². The van der Waals surface area contributed by atoms with Crippen molar-refractivity contribution in [1.82, 2.24) is 30.0 Å². The summed E-state index contributed by atoms with van der Waals surface area (Å²) in [6, 6.07) is 0. The summed E-state index contributed by atoms with van der Waals surface area (Å²) in [5.41, 5.74) is 0. The van der Waals surface area contributed by atoms with Crippen molar-refractivity contribution in [1.29, 1.82) is 0 Å². The molecule has 1 fully saturated rings. The van der Waals surface area contributed by atoms with Crippen LogP contribution in [0.1, 0.15) is 12.2 Å². The number of alkyl halides is 1. The van der Waals surface area contributed by atoms with Gasteiger partial charge in [-0.3, -0.25) is 4.90 Å². The number of aromatic nitrogens is 4. The van der Waals surface area contributed by atoms with Crippen molar-refractivity contribution in [3.63, 3.8) is 0 Å². The zero-order valence-corrected chi connectivity index (χ0v) is 11.8. The van der Waals surface area contributed by atoms with E-state index in [4.69, 9.17) is 0 Å². The fourth-order valence-electron chi connectivity index (χ4n) is 2.11. The molecule has 2 heterocycles. The highest BCUT2D eigenvalue weighted by atomic mass is 79.9. The lowest BCUT2D eigenvalue weighted by Crippen LogP contribution is -2.31. The largest absolute Gasteiger partial charge is 0.301 e. The maximum Gasteiger partial charge on any atom is 0.188 e. The number of halogens is 1. The van der Waals surface area contributed by atoms with Crippen molar-refractivity contribution in [2.24, 2.45) is 7.05 Å². The molecule has 0 radical (unpaired) electrons. The molecule has 0 unspecified atom stereocenters. The summed E-state index contributed by atoms with van der Waals surface area (Å²) in [7, 11) is 1.80. The molecule has 1 aliphatic rings. The molecule has 0 bridgehead atoms. The number of hydrogen-bond acceptors (Lipinski definition) is 5. The molecule has 0 saturated carbocycles. The molecule has 0 amide bonds. The van der Waals surface area contributed by atoms with Crippen LogP contribution in [0.15, 0.2) is 0 Å². The van der Waals surface area contributed by atoms with Crippen LogP contribution in [0, 0.1) is 0 Å². The van der Waals surface area contributed by atoms with E-state index in [1.165, 1.54) is 17.8 Å². The van der Waals surface area contributed by atoms with Crippen molar-refractivity contribution >= 4 is 15.9 Å². The number of tetrazole rings is 1. The van der Waals surface area contributed by atoms with Gasteiger partial charge in [-0.15, -0.1) is 10.2 Å². The fraction of sp³-hybridized carbons (Fsp3) is 0.900. The monoisotopic (exact) mass is 302 g/mol. The smallest absolute Gasteiger partial charge is 0.188 e. The summed E-state index contributed by atoms with van der Waals surface area (Å²) in [5.74, 6) is 0.821. The third-order valence-corrected chi connectivity index (χ3v) is 3.35. The van der Waals surface area contributed by atoms with E-state index in [0.29, 0.717) is 0 Å². The molecule has 7 heteroatoms. The van der Waals surface area contributed by atoms with E-state index in [9.17, 15) is 0 Å². The second-order valence-corrected chi connectivity index (χ2v) is 5.15. The molecule has 6 nitrogen and oxygen atoms in total. The fourth-order valence-corrected chi connectivity index (χ4v) is 2.61. The van der Waals surface area contributed by atoms with Gasteiger partial charge in [0.1, 0.15) is 0 Å². The van der Waals surface area contributed by atoms with Crippen LogP contribution in [-0.2, 0) is 13.6 Å². The predicted molar refractivity (Wildman–Crippen MR) is 68.9 cm³/mol. The number of rotatable bonds is 4. The molecule has 0 aliphatic carbocycles. The van der Waals surface area contributed by atoms with Gasteiger partial charge in [-0.25, -0.2) is 0 Å². The first kappa shape index (κ1) is 12.9. The topological polar surface area (TPSA) is 50.1 Å². The Labute approximate surface area is 110 Å². The van der Waals surface area contributed by atoms with E-state index in [-0.39, 0.29) is 0 Å². The summed E-state index contributed by atoms with van der Waals surface area (Å²) in [6.07, 6.45) is 1.22. The van der Waals surface area contributed by atoms with E-state index < -0.39 is 0 Å². The highest BCUT2D eigenvalue weighted by Gasteiger charge is 2.15. The van der Waals surface area contributed by atoms with E-state index in [1.54, 1.807) is 7.05 Å². The molecule has 0 spiro atoms. The molecule has 1 saturated heterocycles. The van der Waals surface area contributed by atoms with Crippen LogP contribution in [0.2, 0.25) is 0 Å². The van der Waals surface area contributed by atoms with Gasteiger partial charge in [-0.2, -0.15) is 4.80 Å². The molecule has 0 aromatic carbocycles. The molecular weight excluding hydrogens is 284 g/mol. The van der Waals surface area contributed by atoms with Crippen LogP contribution in [-0.4, -0.2) is 68.1 Å². The third-order valence-electron chi connectivity index (χ3n) is 3.00. The van der Waals surface area contributed by atoms with Gasteiger partial charge in [0, 0.05) is 25.0 Å². The van der Waals surface area contributed by atoms with Gasteiger partial charge >= 0.3 is 0 Å². The van der Waals surface area contributed by atoms with Gasteiger partial charge in [0.15, 0.2) is 5.82 Å². The van der Waals surface area contributed by atoms with Crippen molar-refractivity contribution in [2.75, 3.05) is 38.1 Å². The minimum atomic E-state index is 0.815. The van der Waals surface area contributed by atoms with Gasteiger partial charge in [0.25, 0.3) is 0 Å². The van der Waals surface area contributed by atoms with Gasteiger partial charge in [0.05, 0.1) is 13.6 Å². The first-order chi connectivity index (χ1) is 8.28. The van der Waals surface area contributed by atoms with Crippen molar-refractivity contribution in [2.45, 2.75) is 13.0 Å². The van der Waals surface area contributed by atoms with Crippen LogP contribution >= 0.6 is 15.9 Å². The molecule has 0 atom stereocenters. The molecular formula is C10H19BrN6. The zero-order chi connectivity index (χ0) is 12.1. The Hall–Kier alpha value is -0.530. The Morgan fingerprint density at radius 1 is 1.18 bits per heavy atom. The average molecular weight is 303 g/mol. The number of hydrogen-bond donors (Lipinski definition) is 0.